The lowest BCUT2D eigenvalue weighted by molar-refractivity contribution is 0.473. The number of nitrogens with one attached hydrogen (secondary N) is 2. The molecule has 1 fully saturated rings. The van der Waals surface area contributed by atoms with Crippen LogP contribution < -0.4 is 0 Å². The Bertz CT molecular complexity index is 570. The Morgan fingerprint density at radius 1 is 1.00 bits per heavy atom. The molecule has 0 saturated heterocycles. The predicted octanol–water partition coefficient (Wildman–Crippen LogP) is 5.53. The third kappa shape index (κ3) is 3.61. The van der Waals surface area contributed by atoms with Crippen LogP contribution in [0, 0.1) is 19.8 Å². The van der Waals surface area contributed by atoms with E-state index in [2.05, 4.69) is 42.0 Å². The van der Waals surface area contributed by atoms with Crippen LogP contribution >= 0.6 is 0 Å². The third-order valence-corrected chi connectivity index (χ3v) is 5.03. The van der Waals surface area contributed by atoms with E-state index in [1.165, 1.54) is 79.7 Å². The first-order chi connectivity index (χ1) is 10.2. The van der Waals surface area contributed by atoms with Gasteiger partial charge < -0.3 is 9.97 Å². The summed E-state index contributed by atoms with van der Waals surface area (Å²) >= 11 is 0. The maximum Gasteiger partial charge on any atom is 0.0624 e. The molecule has 1 aliphatic carbocycles. The van der Waals surface area contributed by atoms with Gasteiger partial charge in [0.1, 0.15) is 0 Å². The molecule has 1 aliphatic rings. The summed E-state index contributed by atoms with van der Waals surface area (Å²) < 4.78 is 0. The lowest BCUT2D eigenvalue weighted by Crippen LogP contribution is -1.94. The van der Waals surface area contributed by atoms with Gasteiger partial charge in [0, 0.05) is 11.4 Å². The summed E-state index contributed by atoms with van der Waals surface area (Å²) in [6.07, 6.45) is 11.3. The van der Waals surface area contributed by atoms with Crippen LogP contribution in [0.15, 0.2) is 18.2 Å². The van der Waals surface area contributed by atoms with Crippen molar-refractivity contribution in [2.24, 2.45) is 5.92 Å². The highest BCUT2D eigenvalue weighted by atomic mass is 14.8. The summed E-state index contributed by atoms with van der Waals surface area (Å²) in [5, 5.41) is 0. The van der Waals surface area contributed by atoms with Gasteiger partial charge in [-0.25, -0.2) is 0 Å². The number of H-pyrrole nitrogens is 2. The van der Waals surface area contributed by atoms with Gasteiger partial charge >= 0.3 is 0 Å². The highest BCUT2D eigenvalue weighted by Gasteiger charge is 2.14. The molecule has 2 N–H and O–H groups in total. The Morgan fingerprint density at radius 3 is 2.52 bits per heavy atom. The van der Waals surface area contributed by atoms with Crippen LogP contribution in [0.3, 0.4) is 0 Å². The number of hydrogen-bond acceptors (Lipinski definition) is 0. The highest BCUT2D eigenvalue weighted by molar-refractivity contribution is 5.58. The Labute approximate surface area is 128 Å². The van der Waals surface area contributed by atoms with Crippen molar-refractivity contribution in [3.05, 3.63) is 35.2 Å². The molecule has 0 bridgehead atoms. The molecule has 2 aromatic rings. The van der Waals surface area contributed by atoms with E-state index in [1.54, 1.807) is 0 Å². The van der Waals surface area contributed by atoms with Crippen molar-refractivity contribution in [3.63, 3.8) is 0 Å². The van der Waals surface area contributed by atoms with Gasteiger partial charge in [-0.1, -0.05) is 38.5 Å². The molecule has 114 valence electrons. The third-order valence-electron chi connectivity index (χ3n) is 5.03. The maximum atomic E-state index is 3.53. The van der Waals surface area contributed by atoms with Gasteiger partial charge in [-0.15, -0.1) is 0 Å². The van der Waals surface area contributed by atoms with Gasteiger partial charge in [-0.3, -0.25) is 0 Å². The van der Waals surface area contributed by atoms with E-state index in [0.29, 0.717) is 0 Å². The molecule has 1 saturated carbocycles. The molecule has 0 aromatic carbocycles. The maximum absolute atomic E-state index is 3.53. The molecule has 2 aromatic heterocycles. The SMILES string of the molecule is Cc1ccc(-c2cc(CCCCC3CCCC3)c(C)[nH]2)[nH]1. The lowest BCUT2D eigenvalue weighted by Gasteiger charge is -2.07. The van der Waals surface area contributed by atoms with Crippen LogP contribution in [0.1, 0.15) is 61.9 Å². The van der Waals surface area contributed by atoms with Crippen molar-refractivity contribution in [3.8, 4) is 11.4 Å². The smallest absolute Gasteiger partial charge is 0.0624 e. The Morgan fingerprint density at radius 2 is 1.81 bits per heavy atom. The zero-order chi connectivity index (χ0) is 14.7. The topological polar surface area (TPSA) is 31.6 Å². The quantitative estimate of drug-likeness (QED) is 0.654. The molecule has 2 heterocycles. The molecule has 2 heteroatoms. The predicted molar refractivity (Wildman–Crippen MR) is 89.6 cm³/mol. The second-order valence-corrected chi connectivity index (χ2v) is 6.78. The number of aromatic amines is 2. The second-order valence-electron chi connectivity index (χ2n) is 6.78. The summed E-state index contributed by atoms with van der Waals surface area (Å²) in [6, 6.07) is 6.62. The van der Waals surface area contributed by atoms with Gasteiger partial charge in [0.25, 0.3) is 0 Å². The summed E-state index contributed by atoms with van der Waals surface area (Å²) in [6.45, 7) is 4.30. The van der Waals surface area contributed by atoms with Gasteiger partial charge in [-0.05, 0) is 56.4 Å². The first-order valence-corrected chi connectivity index (χ1v) is 8.57. The molecule has 21 heavy (non-hydrogen) atoms. The van der Waals surface area contributed by atoms with Crippen molar-refractivity contribution in [2.45, 2.75) is 65.2 Å². The Balaban J connectivity index is 1.52. The van der Waals surface area contributed by atoms with E-state index in [0.717, 1.165) is 5.92 Å². The largest absolute Gasteiger partial charge is 0.357 e. The average molecular weight is 284 g/mol. The van der Waals surface area contributed by atoms with Crippen molar-refractivity contribution < 1.29 is 0 Å². The average Bonchev–Trinajstić information content (AvgIpc) is 3.17. The zero-order valence-electron chi connectivity index (χ0n) is 13.5. The molecule has 0 radical (unpaired) electrons. The fourth-order valence-electron chi connectivity index (χ4n) is 3.71. The lowest BCUT2D eigenvalue weighted by atomic mass is 9.98. The van der Waals surface area contributed by atoms with Crippen molar-refractivity contribution >= 4 is 0 Å². The zero-order valence-corrected chi connectivity index (χ0v) is 13.5. The number of aromatic nitrogens is 2. The van der Waals surface area contributed by atoms with Crippen molar-refractivity contribution in [1.29, 1.82) is 0 Å². The number of hydrogen-bond donors (Lipinski definition) is 2. The Kier molecular flexibility index (Phi) is 4.52. The monoisotopic (exact) mass is 284 g/mol. The van der Waals surface area contributed by atoms with Gasteiger partial charge in [0.05, 0.1) is 11.4 Å². The summed E-state index contributed by atoms with van der Waals surface area (Å²) in [7, 11) is 0. The minimum Gasteiger partial charge on any atom is -0.357 e. The first-order valence-electron chi connectivity index (χ1n) is 8.57. The highest BCUT2D eigenvalue weighted by Crippen LogP contribution is 2.29. The molecular weight excluding hydrogens is 256 g/mol. The molecule has 0 atom stereocenters. The van der Waals surface area contributed by atoms with E-state index in [4.69, 9.17) is 0 Å². The van der Waals surface area contributed by atoms with Crippen molar-refractivity contribution in [2.75, 3.05) is 0 Å². The minimum absolute atomic E-state index is 1.04. The molecule has 0 amide bonds. The van der Waals surface area contributed by atoms with Crippen LogP contribution in [0.2, 0.25) is 0 Å². The van der Waals surface area contributed by atoms with Gasteiger partial charge in [0.2, 0.25) is 0 Å². The molecule has 3 rings (SSSR count). The fraction of sp³-hybridized carbons (Fsp3) is 0.579. The van der Waals surface area contributed by atoms with Crippen LogP contribution in [0.4, 0.5) is 0 Å². The van der Waals surface area contributed by atoms with Crippen LogP contribution in [0.5, 0.6) is 0 Å². The van der Waals surface area contributed by atoms with E-state index >= 15 is 0 Å². The van der Waals surface area contributed by atoms with E-state index < -0.39 is 0 Å². The van der Waals surface area contributed by atoms with E-state index in [-0.39, 0.29) is 0 Å². The van der Waals surface area contributed by atoms with Crippen molar-refractivity contribution in [1.82, 2.24) is 9.97 Å². The first kappa shape index (κ1) is 14.5. The normalized spacial score (nSPS) is 15.9. The second kappa shape index (κ2) is 6.55. The number of rotatable bonds is 6. The molecule has 2 nitrogen and oxygen atoms in total. The molecular formula is C19H28N2. The van der Waals surface area contributed by atoms with E-state index in [1.807, 2.05) is 0 Å². The summed E-state index contributed by atoms with van der Waals surface area (Å²) in [4.78, 5) is 6.93. The van der Waals surface area contributed by atoms with Gasteiger partial charge in [-0.2, -0.15) is 0 Å². The number of unbranched alkanes of at least 4 members (excludes halogenated alkanes) is 1. The molecule has 0 unspecified atom stereocenters. The van der Waals surface area contributed by atoms with Crippen LogP contribution in [-0.2, 0) is 6.42 Å². The summed E-state index contributed by atoms with van der Waals surface area (Å²) in [5.74, 6) is 1.04. The molecule has 0 spiro atoms. The minimum atomic E-state index is 1.04. The van der Waals surface area contributed by atoms with Crippen LogP contribution in [-0.4, -0.2) is 9.97 Å². The Hall–Kier alpha value is -1.44. The standard InChI is InChI=1S/C19H28N2/c1-14-11-12-18(20-14)19-13-17(15(2)21-19)10-6-5-9-16-7-3-4-8-16/h11-13,16,20-21H,3-10H2,1-2H3. The fourth-order valence-corrected chi connectivity index (χ4v) is 3.71. The number of aryl methyl sites for hydroxylation is 3. The van der Waals surface area contributed by atoms with Gasteiger partial charge in [0.15, 0.2) is 0 Å². The van der Waals surface area contributed by atoms with E-state index in [9.17, 15) is 0 Å². The van der Waals surface area contributed by atoms with Crippen LogP contribution in [0.25, 0.3) is 11.4 Å². The molecule has 0 aliphatic heterocycles. The summed E-state index contributed by atoms with van der Waals surface area (Å²) in [5.41, 5.74) is 6.47.